The first-order valence-corrected chi connectivity index (χ1v) is 5.91. The third kappa shape index (κ3) is 3.73. The Kier molecular flexibility index (Phi) is 5.18. The van der Waals surface area contributed by atoms with Crippen LogP contribution in [-0.2, 0) is 4.79 Å². The maximum absolute atomic E-state index is 11.6. The molecule has 0 spiro atoms. The number of carbonyl (C=O) groups excluding carboxylic acids is 1. The highest BCUT2D eigenvalue weighted by Crippen LogP contribution is 2.08. The summed E-state index contributed by atoms with van der Waals surface area (Å²) >= 11 is 0. The van der Waals surface area contributed by atoms with Crippen molar-refractivity contribution in [2.75, 3.05) is 13.1 Å². The zero-order valence-electron chi connectivity index (χ0n) is 9.94. The summed E-state index contributed by atoms with van der Waals surface area (Å²) in [6.45, 7) is 4.70. The summed E-state index contributed by atoms with van der Waals surface area (Å²) in [7, 11) is 0. The third-order valence-electron chi connectivity index (χ3n) is 3.21. The molecule has 1 fully saturated rings. The van der Waals surface area contributed by atoms with Gasteiger partial charge >= 0.3 is 0 Å². The predicted molar refractivity (Wildman–Crippen MR) is 60.9 cm³/mol. The maximum Gasteiger partial charge on any atom is 0.237 e. The van der Waals surface area contributed by atoms with Crippen molar-refractivity contribution in [3.05, 3.63) is 0 Å². The fourth-order valence-corrected chi connectivity index (χ4v) is 1.72. The Morgan fingerprint density at radius 3 is 2.81 bits per heavy atom. The van der Waals surface area contributed by atoms with Crippen LogP contribution in [0.2, 0.25) is 0 Å². The van der Waals surface area contributed by atoms with Gasteiger partial charge in [0.2, 0.25) is 5.91 Å². The number of amides is 1. The first kappa shape index (κ1) is 13.4. The van der Waals surface area contributed by atoms with Gasteiger partial charge in [0.15, 0.2) is 0 Å². The quantitative estimate of drug-likeness (QED) is 0.500. The molecule has 5 nitrogen and oxygen atoms in total. The van der Waals surface area contributed by atoms with Crippen LogP contribution >= 0.6 is 0 Å². The largest absolute Gasteiger partial charge is 0.392 e. The Morgan fingerprint density at radius 1 is 1.62 bits per heavy atom. The van der Waals surface area contributed by atoms with Crippen molar-refractivity contribution in [3.63, 3.8) is 0 Å². The van der Waals surface area contributed by atoms with E-state index < -0.39 is 12.2 Å². The zero-order valence-corrected chi connectivity index (χ0v) is 9.94. The molecule has 4 atom stereocenters. The molecule has 0 aliphatic carbocycles. The van der Waals surface area contributed by atoms with Crippen LogP contribution in [0.15, 0.2) is 0 Å². The minimum atomic E-state index is -0.500. The fraction of sp³-hybridized carbons (Fsp3) is 0.909. The summed E-state index contributed by atoms with van der Waals surface area (Å²) in [5, 5.41) is 24.6. The average Bonchev–Trinajstić information content (AvgIpc) is 2.71. The highest BCUT2D eigenvalue weighted by Gasteiger charge is 2.28. The SMILES string of the molecule is CCC(C)C(O)CNC(=O)C1CC(O)CN1. The Bertz CT molecular complexity index is 235. The van der Waals surface area contributed by atoms with E-state index >= 15 is 0 Å². The molecule has 4 unspecified atom stereocenters. The lowest BCUT2D eigenvalue weighted by atomic mass is 10.0. The van der Waals surface area contributed by atoms with E-state index in [0.29, 0.717) is 13.0 Å². The van der Waals surface area contributed by atoms with Crippen molar-refractivity contribution >= 4 is 5.91 Å². The van der Waals surface area contributed by atoms with Crippen LogP contribution in [0.1, 0.15) is 26.7 Å². The molecule has 94 valence electrons. The van der Waals surface area contributed by atoms with Crippen molar-refractivity contribution in [2.24, 2.45) is 5.92 Å². The molecule has 4 N–H and O–H groups in total. The summed E-state index contributed by atoms with van der Waals surface area (Å²) in [6, 6.07) is -0.320. The second kappa shape index (κ2) is 6.18. The lowest BCUT2D eigenvalue weighted by Crippen LogP contribution is -2.44. The lowest BCUT2D eigenvalue weighted by Gasteiger charge is -2.19. The van der Waals surface area contributed by atoms with Gasteiger partial charge in [0.05, 0.1) is 18.2 Å². The Morgan fingerprint density at radius 2 is 2.31 bits per heavy atom. The lowest BCUT2D eigenvalue weighted by molar-refractivity contribution is -0.123. The minimum Gasteiger partial charge on any atom is -0.392 e. The number of β-amino-alcohol motifs (C(OH)–C–C–N with tert-alkyl or cyclic N) is 1. The van der Waals surface area contributed by atoms with Gasteiger partial charge in [-0.25, -0.2) is 0 Å². The monoisotopic (exact) mass is 230 g/mol. The Balaban J connectivity index is 2.24. The number of hydrogen-bond donors (Lipinski definition) is 4. The van der Waals surface area contributed by atoms with Crippen molar-refractivity contribution in [1.82, 2.24) is 10.6 Å². The molecule has 0 saturated carbocycles. The average molecular weight is 230 g/mol. The number of rotatable bonds is 5. The summed E-state index contributed by atoms with van der Waals surface area (Å²) in [5.41, 5.74) is 0. The van der Waals surface area contributed by atoms with E-state index in [0.717, 1.165) is 6.42 Å². The minimum absolute atomic E-state index is 0.140. The van der Waals surface area contributed by atoms with E-state index in [1.807, 2.05) is 13.8 Å². The van der Waals surface area contributed by atoms with Crippen LogP contribution in [0.25, 0.3) is 0 Å². The van der Waals surface area contributed by atoms with Crippen LogP contribution in [0, 0.1) is 5.92 Å². The van der Waals surface area contributed by atoms with Gasteiger partial charge < -0.3 is 20.8 Å². The summed E-state index contributed by atoms with van der Waals surface area (Å²) in [4.78, 5) is 11.6. The molecule has 1 amide bonds. The first-order chi connectivity index (χ1) is 7.54. The molecule has 16 heavy (non-hydrogen) atoms. The highest BCUT2D eigenvalue weighted by molar-refractivity contribution is 5.82. The number of carbonyl (C=O) groups is 1. The van der Waals surface area contributed by atoms with Gasteiger partial charge in [-0.05, 0) is 12.3 Å². The van der Waals surface area contributed by atoms with Crippen LogP contribution in [0.3, 0.4) is 0 Å². The molecule has 1 aliphatic heterocycles. The van der Waals surface area contributed by atoms with E-state index in [1.54, 1.807) is 0 Å². The summed E-state index contributed by atoms with van der Waals surface area (Å²) < 4.78 is 0. The predicted octanol–water partition coefficient (Wildman–Crippen LogP) is -0.768. The molecular weight excluding hydrogens is 208 g/mol. The van der Waals surface area contributed by atoms with Crippen molar-refractivity contribution in [3.8, 4) is 0 Å². The Hall–Kier alpha value is -0.650. The van der Waals surface area contributed by atoms with Crippen LogP contribution in [-0.4, -0.2) is 47.5 Å². The standard InChI is InChI=1S/C11H22N2O3/c1-3-7(2)10(15)6-13-11(16)9-4-8(14)5-12-9/h7-10,12,14-15H,3-6H2,1-2H3,(H,13,16). The molecule has 1 heterocycles. The third-order valence-corrected chi connectivity index (χ3v) is 3.21. The second-order valence-electron chi connectivity index (χ2n) is 4.55. The second-order valence-corrected chi connectivity index (χ2v) is 4.55. The topological polar surface area (TPSA) is 81.6 Å². The summed E-state index contributed by atoms with van der Waals surface area (Å²) in [6.07, 6.45) is 0.401. The first-order valence-electron chi connectivity index (χ1n) is 5.91. The van der Waals surface area contributed by atoms with Gasteiger partial charge in [-0.2, -0.15) is 0 Å². The van der Waals surface area contributed by atoms with Gasteiger partial charge in [0.25, 0.3) is 0 Å². The number of aliphatic hydroxyl groups is 2. The molecule has 1 rings (SSSR count). The molecule has 5 heteroatoms. The van der Waals surface area contributed by atoms with E-state index in [1.165, 1.54) is 0 Å². The molecule has 0 aromatic heterocycles. The van der Waals surface area contributed by atoms with E-state index in [9.17, 15) is 15.0 Å². The maximum atomic E-state index is 11.6. The smallest absolute Gasteiger partial charge is 0.237 e. The van der Waals surface area contributed by atoms with E-state index in [-0.39, 0.29) is 24.4 Å². The van der Waals surface area contributed by atoms with E-state index in [4.69, 9.17) is 0 Å². The molecular formula is C11H22N2O3. The molecule has 0 aromatic rings. The molecule has 1 aliphatic rings. The van der Waals surface area contributed by atoms with Crippen molar-refractivity contribution in [1.29, 1.82) is 0 Å². The number of aliphatic hydroxyl groups excluding tert-OH is 2. The van der Waals surface area contributed by atoms with Crippen LogP contribution < -0.4 is 10.6 Å². The fourth-order valence-electron chi connectivity index (χ4n) is 1.72. The number of nitrogens with one attached hydrogen (secondary N) is 2. The van der Waals surface area contributed by atoms with Gasteiger partial charge in [-0.3, -0.25) is 4.79 Å². The number of hydrogen-bond acceptors (Lipinski definition) is 4. The molecule has 0 radical (unpaired) electrons. The summed E-state index contributed by atoms with van der Waals surface area (Å²) in [5.74, 6) is 0.0429. The van der Waals surface area contributed by atoms with Crippen LogP contribution in [0.4, 0.5) is 0 Å². The molecule has 1 saturated heterocycles. The Labute approximate surface area is 96.2 Å². The zero-order chi connectivity index (χ0) is 12.1. The van der Waals surface area contributed by atoms with Crippen LogP contribution in [0.5, 0.6) is 0 Å². The van der Waals surface area contributed by atoms with Gasteiger partial charge in [0.1, 0.15) is 0 Å². The van der Waals surface area contributed by atoms with E-state index in [2.05, 4.69) is 10.6 Å². The van der Waals surface area contributed by atoms with Gasteiger partial charge in [0, 0.05) is 13.1 Å². The van der Waals surface area contributed by atoms with Gasteiger partial charge in [-0.1, -0.05) is 20.3 Å². The highest BCUT2D eigenvalue weighted by atomic mass is 16.3. The van der Waals surface area contributed by atoms with Gasteiger partial charge in [-0.15, -0.1) is 0 Å². The molecule has 0 aromatic carbocycles. The normalized spacial score (nSPS) is 28.8. The molecule has 0 bridgehead atoms. The van der Waals surface area contributed by atoms with Crippen molar-refractivity contribution in [2.45, 2.75) is 44.9 Å². The van der Waals surface area contributed by atoms with Crippen molar-refractivity contribution < 1.29 is 15.0 Å².